The Morgan fingerprint density at radius 2 is 1.91 bits per heavy atom. The summed E-state index contributed by atoms with van der Waals surface area (Å²) in [6.45, 7) is 2.90. The molecule has 0 aliphatic heterocycles. The first-order chi connectivity index (χ1) is 15.6. The number of thiophene rings is 1. The van der Waals surface area contributed by atoms with E-state index in [1.54, 1.807) is 13.2 Å². The number of nitrogens with one attached hydrogen (secondary N) is 1. The van der Waals surface area contributed by atoms with Crippen molar-refractivity contribution in [3.63, 3.8) is 0 Å². The van der Waals surface area contributed by atoms with Crippen LogP contribution in [-0.4, -0.2) is 41.3 Å². The Kier molecular flexibility index (Phi) is 6.51. The quantitative estimate of drug-likeness (QED) is 0.366. The summed E-state index contributed by atoms with van der Waals surface area (Å²) in [5, 5.41) is 15.0. The van der Waals surface area contributed by atoms with Gasteiger partial charge >= 0.3 is 5.97 Å². The number of carboxylic acid groups (broad SMARTS) is 1. The first kappa shape index (κ1) is 21.6. The van der Waals surface area contributed by atoms with Crippen LogP contribution in [0.3, 0.4) is 0 Å². The Morgan fingerprint density at radius 3 is 2.66 bits per heavy atom. The normalized spacial score (nSPS) is 10.8. The molecule has 4 aromatic rings. The number of anilines is 1. The number of rotatable bonds is 9. The molecular formula is C24H23N3O4S. The lowest BCUT2D eigenvalue weighted by Crippen LogP contribution is -2.07. The second-order valence-corrected chi connectivity index (χ2v) is 8.03. The minimum Gasteiger partial charge on any atom is -0.496 e. The van der Waals surface area contributed by atoms with E-state index in [1.807, 2.05) is 31.2 Å². The average molecular weight is 450 g/mol. The summed E-state index contributed by atoms with van der Waals surface area (Å²) in [5.41, 5.74) is 1.87. The van der Waals surface area contributed by atoms with Crippen molar-refractivity contribution < 1.29 is 19.4 Å². The molecule has 2 aromatic carbocycles. The van der Waals surface area contributed by atoms with Crippen LogP contribution in [0.1, 0.15) is 22.2 Å². The highest BCUT2D eigenvalue weighted by Gasteiger charge is 2.18. The van der Waals surface area contributed by atoms with Crippen molar-refractivity contribution in [2.45, 2.75) is 13.3 Å². The van der Waals surface area contributed by atoms with Crippen LogP contribution in [0.4, 0.5) is 5.82 Å². The molecule has 0 spiro atoms. The molecule has 7 nitrogen and oxygen atoms in total. The predicted octanol–water partition coefficient (Wildman–Crippen LogP) is 5.12. The number of benzene rings is 2. The van der Waals surface area contributed by atoms with Crippen molar-refractivity contribution in [3.05, 3.63) is 65.3 Å². The molecular weight excluding hydrogens is 426 g/mol. The Labute approximate surface area is 189 Å². The summed E-state index contributed by atoms with van der Waals surface area (Å²) in [4.78, 5) is 21.0. The molecule has 0 saturated heterocycles. The fourth-order valence-electron chi connectivity index (χ4n) is 3.56. The maximum absolute atomic E-state index is 11.5. The summed E-state index contributed by atoms with van der Waals surface area (Å²) in [6, 6.07) is 15.8. The molecule has 0 amide bonds. The van der Waals surface area contributed by atoms with Crippen LogP contribution in [0.15, 0.2) is 54.9 Å². The molecule has 4 rings (SSSR count). The number of carboxylic acids is 1. The van der Waals surface area contributed by atoms with Gasteiger partial charge in [-0.3, -0.25) is 0 Å². The maximum atomic E-state index is 11.5. The molecule has 0 aliphatic rings. The number of carbonyl (C=O) groups is 1. The first-order valence-corrected chi connectivity index (χ1v) is 11.0. The van der Waals surface area contributed by atoms with Gasteiger partial charge < -0.3 is 19.9 Å². The van der Waals surface area contributed by atoms with Crippen LogP contribution in [0, 0.1) is 0 Å². The molecule has 0 saturated carbocycles. The van der Waals surface area contributed by atoms with Crippen LogP contribution in [0.2, 0.25) is 0 Å². The van der Waals surface area contributed by atoms with Crippen LogP contribution in [-0.2, 0) is 6.42 Å². The van der Waals surface area contributed by atoms with Gasteiger partial charge in [0.05, 0.1) is 24.3 Å². The molecule has 32 heavy (non-hydrogen) atoms. The van der Waals surface area contributed by atoms with Crippen LogP contribution < -0.4 is 14.8 Å². The topological polar surface area (TPSA) is 93.6 Å². The van der Waals surface area contributed by atoms with Gasteiger partial charge in [0.15, 0.2) is 4.88 Å². The van der Waals surface area contributed by atoms with Crippen molar-refractivity contribution in [1.82, 2.24) is 9.97 Å². The van der Waals surface area contributed by atoms with E-state index in [4.69, 9.17) is 9.47 Å². The highest BCUT2D eigenvalue weighted by molar-refractivity contribution is 7.17. The minimum atomic E-state index is -1.01. The van der Waals surface area contributed by atoms with Gasteiger partial charge in [-0.1, -0.05) is 30.3 Å². The highest BCUT2D eigenvalue weighted by Crippen LogP contribution is 2.36. The number of aromatic nitrogens is 2. The molecule has 164 valence electrons. The summed E-state index contributed by atoms with van der Waals surface area (Å²) >= 11 is 1.14. The number of nitrogens with zero attached hydrogens (tertiary/aromatic N) is 2. The number of ether oxygens (including phenoxy) is 2. The van der Waals surface area contributed by atoms with Gasteiger partial charge in [-0.25, -0.2) is 14.8 Å². The molecule has 2 heterocycles. The monoisotopic (exact) mass is 449 g/mol. The summed E-state index contributed by atoms with van der Waals surface area (Å²) in [6.07, 6.45) is 2.28. The minimum absolute atomic E-state index is 0.168. The first-order valence-electron chi connectivity index (χ1n) is 10.2. The molecule has 0 atom stereocenters. The average Bonchev–Trinajstić information content (AvgIpc) is 3.24. The van der Waals surface area contributed by atoms with E-state index in [0.29, 0.717) is 30.4 Å². The SMILES string of the molecule is CCOc1cc(-c2cc(NCCc3ccc(OC)c4ccccc34)ncn2)sc1C(=O)O. The molecule has 0 fully saturated rings. The third kappa shape index (κ3) is 4.50. The largest absolute Gasteiger partial charge is 0.496 e. The molecule has 0 bridgehead atoms. The van der Waals surface area contributed by atoms with Crippen molar-refractivity contribution in [2.75, 3.05) is 25.6 Å². The number of hydrogen-bond acceptors (Lipinski definition) is 7. The fourth-order valence-corrected chi connectivity index (χ4v) is 4.46. The van der Waals surface area contributed by atoms with E-state index >= 15 is 0 Å². The lowest BCUT2D eigenvalue weighted by molar-refractivity contribution is 0.0698. The Morgan fingerprint density at radius 1 is 1.09 bits per heavy atom. The molecule has 0 aliphatic carbocycles. The maximum Gasteiger partial charge on any atom is 0.349 e. The Hall–Kier alpha value is -3.65. The Balaban J connectivity index is 1.50. The van der Waals surface area contributed by atoms with Gasteiger partial charge in [-0.2, -0.15) is 0 Å². The highest BCUT2D eigenvalue weighted by atomic mass is 32.1. The van der Waals surface area contributed by atoms with E-state index in [-0.39, 0.29) is 4.88 Å². The molecule has 2 N–H and O–H groups in total. The third-order valence-electron chi connectivity index (χ3n) is 5.01. The van der Waals surface area contributed by atoms with E-state index in [1.165, 1.54) is 17.3 Å². The standard InChI is InChI=1S/C24H23N3O4S/c1-3-31-20-13-21(32-23(20)24(28)29)18-12-22(27-14-26-18)25-11-10-15-8-9-19(30-2)17-7-5-4-6-16(15)17/h4-9,12-14H,3,10-11H2,1-2H3,(H,28,29)(H,25,26,27). The van der Waals surface area contributed by atoms with Crippen LogP contribution >= 0.6 is 11.3 Å². The van der Waals surface area contributed by atoms with Crippen molar-refractivity contribution in [2.24, 2.45) is 0 Å². The second-order valence-electron chi connectivity index (χ2n) is 6.98. The van der Waals surface area contributed by atoms with Gasteiger partial charge in [-0.15, -0.1) is 11.3 Å². The number of methoxy groups -OCH3 is 1. The van der Waals surface area contributed by atoms with Gasteiger partial charge in [0, 0.05) is 24.1 Å². The summed E-state index contributed by atoms with van der Waals surface area (Å²) in [5.74, 6) is 0.889. The third-order valence-corrected chi connectivity index (χ3v) is 6.13. The second kappa shape index (κ2) is 9.65. The smallest absolute Gasteiger partial charge is 0.349 e. The number of fused-ring (bicyclic) bond motifs is 1. The van der Waals surface area contributed by atoms with Gasteiger partial charge in [0.25, 0.3) is 0 Å². The fraction of sp³-hybridized carbons (Fsp3) is 0.208. The lowest BCUT2D eigenvalue weighted by Gasteiger charge is -2.11. The van der Waals surface area contributed by atoms with Crippen LogP contribution in [0.25, 0.3) is 21.3 Å². The summed E-state index contributed by atoms with van der Waals surface area (Å²) in [7, 11) is 1.68. The van der Waals surface area contributed by atoms with Gasteiger partial charge in [-0.05, 0) is 30.4 Å². The zero-order valence-electron chi connectivity index (χ0n) is 17.8. The van der Waals surface area contributed by atoms with E-state index < -0.39 is 5.97 Å². The Bertz CT molecular complexity index is 1260. The van der Waals surface area contributed by atoms with Crippen molar-refractivity contribution in [1.29, 1.82) is 0 Å². The zero-order chi connectivity index (χ0) is 22.5. The molecule has 0 radical (unpaired) electrons. The van der Waals surface area contributed by atoms with Crippen molar-refractivity contribution in [3.8, 4) is 22.1 Å². The van der Waals surface area contributed by atoms with Gasteiger partial charge in [0.1, 0.15) is 23.6 Å². The molecule has 8 heteroatoms. The predicted molar refractivity (Wildman–Crippen MR) is 126 cm³/mol. The molecule has 0 unspecified atom stereocenters. The molecule has 2 aromatic heterocycles. The summed E-state index contributed by atoms with van der Waals surface area (Å²) < 4.78 is 10.9. The number of hydrogen-bond donors (Lipinski definition) is 2. The van der Waals surface area contributed by atoms with E-state index in [2.05, 4.69) is 33.5 Å². The zero-order valence-corrected chi connectivity index (χ0v) is 18.6. The number of aromatic carboxylic acids is 1. The van der Waals surface area contributed by atoms with Crippen molar-refractivity contribution >= 4 is 33.9 Å². The van der Waals surface area contributed by atoms with Gasteiger partial charge in [0.2, 0.25) is 0 Å². The van der Waals surface area contributed by atoms with E-state index in [0.717, 1.165) is 33.8 Å². The van der Waals surface area contributed by atoms with Crippen LogP contribution in [0.5, 0.6) is 11.5 Å². The van der Waals surface area contributed by atoms with E-state index in [9.17, 15) is 9.90 Å². The lowest BCUT2D eigenvalue weighted by atomic mass is 10.0.